The molecule has 2 rings (SSSR count). The van der Waals surface area contributed by atoms with Crippen LogP contribution in [0.1, 0.15) is 26.2 Å². The predicted molar refractivity (Wildman–Crippen MR) is 74.6 cm³/mol. The first kappa shape index (κ1) is 14.7. The average molecular weight is 299 g/mol. The van der Waals surface area contributed by atoms with Crippen molar-refractivity contribution in [2.45, 2.75) is 37.1 Å². The Morgan fingerprint density at radius 1 is 1.45 bits per heavy atom. The van der Waals surface area contributed by atoms with Gasteiger partial charge in [0.1, 0.15) is 5.69 Å². The van der Waals surface area contributed by atoms with Gasteiger partial charge >= 0.3 is 5.69 Å². The largest absolute Gasteiger partial charge is 0.393 e. The maximum absolute atomic E-state index is 12.3. The molecule has 7 nitrogen and oxygen atoms in total. The van der Waals surface area contributed by atoms with Gasteiger partial charge in [-0.1, -0.05) is 12.5 Å². The van der Waals surface area contributed by atoms with Crippen LogP contribution in [0.4, 0.5) is 11.4 Å². The minimum atomic E-state index is -3.95. The topological polar surface area (TPSA) is 115 Å². The van der Waals surface area contributed by atoms with Gasteiger partial charge in [0.05, 0.1) is 4.92 Å². The minimum Gasteiger partial charge on any atom is -0.393 e. The standard InChI is InChI=1S/C12H17N3O4S/c1-8(9-4-2-5-9)14-20(18,19)11-7-3-6-10(13)12(11)15(16)17/h3,6-9,14H,2,4-5,13H2,1H3. The fourth-order valence-electron chi connectivity index (χ4n) is 2.30. The molecular formula is C12H17N3O4S. The molecule has 1 saturated carbocycles. The van der Waals surface area contributed by atoms with Crippen LogP contribution in [-0.4, -0.2) is 19.4 Å². The Hall–Kier alpha value is -1.67. The SMILES string of the molecule is CC(NS(=O)(=O)c1cccc(N)c1[N+](=O)[O-])C1CCC1. The van der Waals surface area contributed by atoms with Crippen molar-refractivity contribution in [3.8, 4) is 0 Å². The van der Waals surface area contributed by atoms with Gasteiger partial charge in [0.2, 0.25) is 10.0 Å². The van der Waals surface area contributed by atoms with E-state index in [0.29, 0.717) is 5.92 Å². The van der Waals surface area contributed by atoms with Gasteiger partial charge in [-0.25, -0.2) is 13.1 Å². The average Bonchev–Trinajstić information content (AvgIpc) is 2.24. The highest BCUT2D eigenvalue weighted by Gasteiger charge is 2.32. The molecule has 8 heteroatoms. The summed E-state index contributed by atoms with van der Waals surface area (Å²) in [6, 6.07) is 3.66. The summed E-state index contributed by atoms with van der Waals surface area (Å²) >= 11 is 0. The number of nitrogens with zero attached hydrogens (tertiary/aromatic N) is 1. The van der Waals surface area contributed by atoms with Crippen molar-refractivity contribution in [2.24, 2.45) is 5.92 Å². The van der Waals surface area contributed by atoms with Crippen LogP contribution in [0.25, 0.3) is 0 Å². The van der Waals surface area contributed by atoms with E-state index in [1.54, 1.807) is 6.92 Å². The molecule has 1 aliphatic rings. The molecule has 1 unspecified atom stereocenters. The second kappa shape index (κ2) is 5.37. The number of hydrogen-bond donors (Lipinski definition) is 2. The van der Waals surface area contributed by atoms with Crippen molar-refractivity contribution < 1.29 is 13.3 Å². The van der Waals surface area contributed by atoms with Crippen LogP contribution in [-0.2, 0) is 10.0 Å². The van der Waals surface area contributed by atoms with Crippen LogP contribution in [0.3, 0.4) is 0 Å². The fourth-order valence-corrected chi connectivity index (χ4v) is 3.81. The monoisotopic (exact) mass is 299 g/mol. The number of rotatable bonds is 5. The highest BCUT2D eigenvalue weighted by Crippen LogP contribution is 2.32. The van der Waals surface area contributed by atoms with Crippen molar-refractivity contribution in [2.75, 3.05) is 5.73 Å². The highest BCUT2D eigenvalue weighted by atomic mass is 32.2. The van der Waals surface area contributed by atoms with Gasteiger partial charge in [0, 0.05) is 6.04 Å². The van der Waals surface area contributed by atoms with E-state index in [1.807, 2.05) is 0 Å². The van der Waals surface area contributed by atoms with E-state index >= 15 is 0 Å². The zero-order chi connectivity index (χ0) is 14.9. The summed E-state index contributed by atoms with van der Waals surface area (Å²) in [7, 11) is -3.95. The van der Waals surface area contributed by atoms with Crippen molar-refractivity contribution >= 4 is 21.4 Å². The van der Waals surface area contributed by atoms with Gasteiger partial charge in [-0.2, -0.15) is 0 Å². The molecule has 0 spiro atoms. The van der Waals surface area contributed by atoms with Gasteiger partial charge < -0.3 is 5.73 Å². The lowest BCUT2D eigenvalue weighted by Gasteiger charge is -2.31. The number of nitrogen functional groups attached to an aromatic ring is 1. The molecule has 1 aromatic rings. The highest BCUT2D eigenvalue weighted by molar-refractivity contribution is 7.89. The molecule has 3 N–H and O–H groups in total. The number of hydrogen-bond acceptors (Lipinski definition) is 5. The van der Waals surface area contributed by atoms with Crippen molar-refractivity contribution in [1.82, 2.24) is 4.72 Å². The van der Waals surface area contributed by atoms with Crippen molar-refractivity contribution in [3.63, 3.8) is 0 Å². The maximum atomic E-state index is 12.3. The lowest BCUT2D eigenvalue weighted by atomic mass is 9.81. The zero-order valence-electron chi connectivity index (χ0n) is 11.1. The predicted octanol–water partition coefficient (Wildman–Crippen LogP) is 1.64. The van der Waals surface area contributed by atoms with E-state index in [2.05, 4.69) is 4.72 Å². The molecule has 110 valence electrons. The molecule has 1 aromatic carbocycles. The first-order valence-corrected chi connectivity index (χ1v) is 7.86. The van der Waals surface area contributed by atoms with Crippen LogP contribution in [0.15, 0.2) is 23.1 Å². The number of nitrogens with two attached hydrogens (primary N) is 1. The summed E-state index contributed by atoms with van der Waals surface area (Å²) in [5.74, 6) is 0.296. The zero-order valence-corrected chi connectivity index (χ0v) is 11.9. The molecule has 20 heavy (non-hydrogen) atoms. The Morgan fingerprint density at radius 2 is 2.10 bits per heavy atom. The fraction of sp³-hybridized carbons (Fsp3) is 0.500. The third kappa shape index (κ3) is 2.75. The molecule has 0 radical (unpaired) electrons. The summed E-state index contributed by atoms with van der Waals surface area (Å²) < 4.78 is 27.1. The first-order valence-electron chi connectivity index (χ1n) is 6.38. The van der Waals surface area contributed by atoms with E-state index in [-0.39, 0.29) is 16.6 Å². The summed E-state index contributed by atoms with van der Waals surface area (Å²) in [6.07, 6.45) is 3.04. The van der Waals surface area contributed by atoms with Gasteiger partial charge in [-0.3, -0.25) is 10.1 Å². The van der Waals surface area contributed by atoms with Crippen molar-refractivity contribution in [3.05, 3.63) is 28.3 Å². The first-order chi connectivity index (χ1) is 9.33. The molecule has 1 fully saturated rings. The number of nitro groups is 1. The summed E-state index contributed by atoms with van der Waals surface area (Å²) in [4.78, 5) is 9.86. The van der Waals surface area contributed by atoms with E-state index in [4.69, 9.17) is 5.73 Å². The molecule has 0 bridgehead atoms. The number of nitro benzene ring substituents is 1. The van der Waals surface area contributed by atoms with E-state index in [0.717, 1.165) is 19.3 Å². The van der Waals surface area contributed by atoms with E-state index < -0.39 is 20.6 Å². The van der Waals surface area contributed by atoms with Crippen LogP contribution < -0.4 is 10.5 Å². The molecule has 1 atom stereocenters. The Labute approximate surface area is 117 Å². The molecule has 0 saturated heterocycles. The lowest BCUT2D eigenvalue weighted by Crippen LogP contribution is -2.40. The summed E-state index contributed by atoms with van der Waals surface area (Å²) in [5.41, 5.74) is 4.79. The lowest BCUT2D eigenvalue weighted by molar-refractivity contribution is -0.386. The Bertz CT molecular complexity index is 626. The molecule has 0 aromatic heterocycles. The van der Waals surface area contributed by atoms with Gasteiger partial charge in [0.15, 0.2) is 4.90 Å². The van der Waals surface area contributed by atoms with Crippen molar-refractivity contribution in [1.29, 1.82) is 0 Å². The number of nitrogens with one attached hydrogen (secondary N) is 1. The molecular weight excluding hydrogens is 282 g/mol. The Morgan fingerprint density at radius 3 is 2.60 bits per heavy atom. The third-order valence-electron chi connectivity index (χ3n) is 3.70. The third-order valence-corrected chi connectivity index (χ3v) is 5.29. The molecule has 0 aliphatic heterocycles. The number of benzene rings is 1. The smallest absolute Gasteiger partial charge is 0.312 e. The minimum absolute atomic E-state index is 0.158. The van der Waals surface area contributed by atoms with Crippen LogP contribution in [0.2, 0.25) is 0 Å². The van der Waals surface area contributed by atoms with Gasteiger partial charge in [-0.15, -0.1) is 0 Å². The summed E-state index contributed by atoms with van der Waals surface area (Å²) in [6.45, 7) is 1.78. The van der Waals surface area contributed by atoms with Crippen LogP contribution in [0, 0.1) is 16.0 Å². The Balaban J connectivity index is 2.34. The second-order valence-electron chi connectivity index (χ2n) is 5.05. The summed E-state index contributed by atoms with van der Waals surface area (Å²) in [5, 5.41) is 11.0. The number of sulfonamides is 1. The second-order valence-corrected chi connectivity index (χ2v) is 6.73. The molecule has 1 aliphatic carbocycles. The quantitative estimate of drug-likeness (QED) is 0.487. The van der Waals surface area contributed by atoms with Crippen LogP contribution >= 0.6 is 0 Å². The van der Waals surface area contributed by atoms with Crippen LogP contribution in [0.5, 0.6) is 0 Å². The van der Waals surface area contributed by atoms with E-state index in [1.165, 1.54) is 18.2 Å². The van der Waals surface area contributed by atoms with E-state index in [9.17, 15) is 18.5 Å². The van der Waals surface area contributed by atoms with Gasteiger partial charge in [-0.05, 0) is 37.8 Å². The normalized spacial score (nSPS) is 17.4. The Kier molecular flexibility index (Phi) is 3.96. The van der Waals surface area contributed by atoms with Gasteiger partial charge in [0.25, 0.3) is 0 Å². The number of anilines is 1. The number of para-hydroxylation sites is 1. The maximum Gasteiger partial charge on any atom is 0.312 e. The molecule has 0 amide bonds. The molecule has 0 heterocycles.